The quantitative estimate of drug-likeness (QED) is 0.300. The highest BCUT2D eigenvalue weighted by molar-refractivity contribution is 14.0. The molecular weight excluding hydrogens is 523 g/mol. The number of nitrogens with zero attached hydrogens (tertiary/aromatic N) is 3. The Labute approximate surface area is 208 Å². The summed E-state index contributed by atoms with van der Waals surface area (Å²) in [6.07, 6.45) is 2.53. The second-order valence-corrected chi connectivity index (χ2v) is 7.82. The summed E-state index contributed by atoms with van der Waals surface area (Å²) in [5, 5.41) is 3.38. The van der Waals surface area contributed by atoms with Crippen molar-refractivity contribution in [2.75, 3.05) is 53.0 Å². The van der Waals surface area contributed by atoms with Gasteiger partial charge >= 0.3 is 0 Å². The predicted octanol–water partition coefficient (Wildman–Crippen LogP) is 2.89. The van der Waals surface area contributed by atoms with Gasteiger partial charge in [-0.25, -0.2) is 4.99 Å². The van der Waals surface area contributed by atoms with Gasteiger partial charge in [0.15, 0.2) is 17.5 Å². The number of carbonyl (C=O) groups is 1. The van der Waals surface area contributed by atoms with Crippen molar-refractivity contribution in [1.82, 2.24) is 15.1 Å². The summed E-state index contributed by atoms with van der Waals surface area (Å²) in [4.78, 5) is 21.6. The number of methoxy groups -OCH3 is 1. The summed E-state index contributed by atoms with van der Waals surface area (Å²) < 4.78 is 16.8. The number of hydrogen-bond donors (Lipinski definition) is 1. The minimum Gasteiger partial charge on any atom is -0.493 e. The molecule has 3 rings (SSSR count). The molecule has 8 nitrogen and oxygen atoms in total. The van der Waals surface area contributed by atoms with Gasteiger partial charge in [0.05, 0.1) is 20.3 Å². The zero-order valence-electron chi connectivity index (χ0n) is 19.5. The predicted molar refractivity (Wildman–Crippen MR) is 136 cm³/mol. The van der Waals surface area contributed by atoms with E-state index in [4.69, 9.17) is 19.2 Å². The van der Waals surface area contributed by atoms with Crippen LogP contribution in [0.15, 0.2) is 23.2 Å². The van der Waals surface area contributed by atoms with E-state index in [1.165, 1.54) is 0 Å². The number of rotatable bonds is 8. The number of guanidine groups is 1. The van der Waals surface area contributed by atoms with Gasteiger partial charge in [-0.2, -0.15) is 0 Å². The van der Waals surface area contributed by atoms with Crippen LogP contribution in [0.3, 0.4) is 0 Å². The van der Waals surface area contributed by atoms with E-state index in [1.54, 1.807) is 7.11 Å². The molecule has 0 aromatic heterocycles. The molecule has 2 saturated heterocycles. The fourth-order valence-corrected chi connectivity index (χ4v) is 3.85. The molecule has 32 heavy (non-hydrogen) atoms. The molecule has 9 heteroatoms. The van der Waals surface area contributed by atoms with E-state index in [0.29, 0.717) is 32.8 Å². The minimum absolute atomic E-state index is 0. The zero-order chi connectivity index (χ0) is 22.1. The number of nitrogens with one attached hydrogen (secondary N) is 1. The van der Waals surface area contributed by atoms with Crippen molar-refractivity contribution < 1.29 is 19.0 Å². The Kier molecular flexibility index (Phi) is 11.4. The Morgan fingerprint density at radius 1 is 1.19 bits per heavy atom. The molecule has 0 aliphatic carbocycles. The highest BCUT2D eigenvalue weighted by atomic mass is 127. The Morgan fingerprint density at radius 2 is 1.94 bits per heavy atom. The van der Waals surface area contributed by atoms with E-state index in [9.17, 15) is 4.79 Å². The Morgan fingerprint density at radius 3 is 2.56 bits per heavy atom. The first-order valence-electron chi connectivity index (χ1n) is 11.4. The van der Waals surface area contributed by atoms with E-state index in [-0.39, 0.29) is 36.0 Å². The number of aliphatic imine (C=N–C) groups is 1. The molecule has 2 aliphatic rings. The molecule has 1 atom stereocenters. The zero-order valence-corrected chi connectivity index (χ0v) is 21.8. The lowest BCUT2D eigenvalue weighted by atomic mass is 10.2. The van der Waals surface area contributed by atoms with E-state index >= 15 is 0 Å². The first-order valence-corrected chi connectivity index (χ1v) is 11.4. The van der Waals surface area contributed by atoms with Gasteiger partial charge in [0.25, 0.3) is 5.91 Å². The van der Waals surface area contributed by atoms with Crippen molar-refractivity contribution >= 4 is 35.8 Å². The maximum atomic E-state index is 12.6. The summed E-state index contributed by atoms with van der Waals surface area (Å²) in [7, 11) is 1.66. The van der Waals surface area contributed by atoms with E-state index in [1.807, 2.05) is 23.1 Å². The average molecular weight is 560 g/mol. The van der Waals surface area contributed by atoms with Gasteiger partial charge in [-0.1, -0.05) is 13.0 Å². The van der Waals surface area contributed by atoms with E-state index in [2.05, 4.69) is 24.1 Å². The number of ether oxygens (including phenoxy) is 3. The number of piperazine rings is 1. The largest absolute Gasteiger partial charge is 0.493 e. The topological polar surface area (TPSA) is 75.6 Å². The lowest BCUT2D eigenvalue weighted by Gasteiger charge is -2.37. The van der Waals surface area contributed by atoms with Crippen LogP contribution >= 0.6 is 24.0 Å². The van der Waals surface area contributed by atoms with Crippen LogP contribution in [0.25, 0.3) is 0 Å². The second-order valence-electron chi connectivity index (χ2n) is 7.82. The van der Waals surface area contributed by atoms with Crippen molar-refractivity contribution in [3.8, 4) is 11.5 Å². The van der Waals surface area contributed by atoms with Crippen molar-refractivity contribution in [1.29, 1.82) is 0 Å². The van der Waals surface area contributed by atoms with Gasteiger partial charge in [0, 0.05) is 39.3 Å². The molecule has 2 fully saturated rings. The molecule has 2 heterocycles. The SMILES string of the molecule is CCCOc1ccc(CN=C(NCC)N2CCN(C(=O)C3CCCO3)CC2)cc1OC.I. The van der Waals surface area contributed by atoms with Crippen LogP contribution in [0, 0.1) is 0 Å². The smallest absolute Gasteiger partial charge is 0.251 e. The maximum absolute atomic E-state index is 12.6. The van der Waals surface area contributed by atoms with Crippen molar-refractivity contribution in [3.05, 3.63) is 23.8 Å². The summed E-state index contributed by atoms with van der Waals surface area (Å²) in [5.74, 6) is 2.50. The third kappa shape index (κ3) is 7.13. The standard InChI is InChI=1S/C23H36N4O4.HI/c1-4-14-30-19-9-8-18(16-21(19)29-3)17-25-23(24-5-2)27-12-10-26(11-13-27)22(28)20-7-6-15-31-20;/h8-9,16,20H,4-7,10-15,17H2,1-3H3,(H,24,25);1H. The van der Waals surface area contributed by atoms with Crippen molar-refractivity contribution in [3.63, 3.8) is 0 Å². The Hall–Kier alpha value is -1.75. The highest BCUT2D eigenvalue weighted by Crippen LogP contribution is 2.28. The van der Waals surface area contributed by atoms with Crippen LogP contribution in [0.2, 0.25) is 0 Å². The molecule has 1 unspecified atom stereocenters. The molecule has 1 amide bonds. The molecule has 0 bridgehead atoms. The number of benzene rings is 1. The van der Waals surface area contributed by atoms with Gasteiger partial charge in [-0.3, -0.25) is 4.79 Å². The third-order valence-electron chi connectivity index (χ3n) is 5.53. The van der Waals surface area contributed by atoms with Crippen LogP contribution in [0.4, 0.5) is 0 Å². The number of carbonyl (C=O) groups excluding carboxylic acids is 1. The maximum Gasteiger partial charge on any atom is 0.251 e. The third-order valence-corrected chi connectivity index (χ3v) is 5.53. The Balaban J connectivity index is 0.00000363. The number of hydrogen-bond acceptors (Lipinski definition) is 5. The van der Waals surface area contributed by atoms with Gasteiger partial charge in [-0.05, 0) is 43.9 Å². The summed E-state index contributed by atoms with van der Waals surface area (Å²) in [5.41, 5.74) is 1.06. The van der Waals surface area contributed by atoms with Gasteiger partial charge in [0.1, 0.15) is 6.10 Å². The molecule has 180 valence electrons. The second kappa shape index (κ2) is 13.7. The van der Waals surface area contributed by atoms with Gasteiger partial charge < -0.3 is 29.3 Å². The average Bonchev–Trinajstić information content (AvgIpc) is 3.35. The molecule has 0 saturated carbocycles. The summed E-state index contributed by atoms with van der Waals surface area (Å²) in [6.45, 7) is 9.76. The van der Waals surface area contributed by atoms with Crippen LogP contribution in [-0.2, 0) is 16.1 Å². The summed E-state index contributed by atoms with van der Waals surface area (Å²) >= 11 is 0. The normalized spacial score (nSPS) is 18.8. The number of amides is 1. The van der Waals surface area contributed by atoms with Gasteiger partial charge in [0.2, 0.25) is 0 Å². The fourth-order valence-electron chi connectivity index (χ4n) is 3.85. The highest BCUT2D eigenvalue weighted by Gasteiger charge is 2.30. The fraction of sp³-hybridized carbons (Fsp3) is 0.652. The van der Waals surface area contributed by atoms with Crippen molar-refractivity contribution in [2.24, 2.45) is 4.99 Å². The van der Waals surface area contributed by atoms with Crippen LogP contribution < -0.4 is 14.8 Å². The lowest BCUT2D eigenvalue weighted by molar-refractivity contribution is -0.142. The summed E-state index contributed by atoms with van der Waals surface area (Å²) in [6, 6.07) is 5.96. The number of halogens is 1. The lowest BCUT2D eigenvalue weighted by Crippen LogP contribution is -2.55. The first kappa shape index (κ1) is 26.5. The van der Waals surface area contributed by atoms with E-state index in [0.717, 1.165) is 61.9 Å². The molecule has 1 aromatic rings. The minimum atomic E-state index is -0.243. The molecular formula is C23H37IN4O4. The van der Waals surface area contributed by atoms with Crippen molar-refractivity contribution in [2.45, 2.75) is 45.8 Å². The van der Waals surface area contributed by atoms with E-state index < -0.39 is 0 Å². The molecule has 1 aromatic carbocycles. The monoisotopic (exact) mass is 560 g/mol. The van der Waals surface area contributed by atoms with Gasteiger partial charge in [-0.15, -0.1) is 24.0 Å². The van der Waals surface area contributed by atoms with Crippen LogP contribution in [-0.4, -0.2) is 80.8 Å². The Bertz CT molecular complexity index is 748. The molecule has 0 radical (unpaired) electrons. The van der Waals surface area contributed by atoms with Crippen LogP contribution in [0.1, 0.15) is 38.7 Å². The van der Waals surface area contributed by atoms with Crippen LogP contribution in [0.5, 0.6) is 11.5 Å². The first-order chi connectivity index (χ1) is 15.2. The molecule has 2 aliphatic heterocycles. The molecule has 1 N–H and O–H groups in total. The molecule has 0 spiro atoms.